The number of carboxylic acids is 1. The molecule has 0 amide bonds. The first-order valence-corrected chi connectivity index (χ1v) is 4.58. The molecule has 0 bridgehead atoms. The van der Waals surface area contributed by atoms with Crippen molar-refractivity contribution in [1.29, 1.82) is 0 Å². The molecular weight excluding hydrogens is 194 g/mol. The Morgan fingerprint density at radius 3 is 3.13 bits per heavy atom. The van der Waals surface area contributed by atoms with Crippen LogP contribution in [0.15, 0.2) is 30.6 Å². The number of nitrogens with two attached hydrogens (primary N) is 1. The zero-order valence-corrected chi connectivity index (χ0v) is 8.00. The lowest BCUT2D eigenvalue weighted by Gasteiger charge is -2.07. The minimum atomic E-state index is -0.989. The second-order valence-corrected chi connectivity index (χ2v) is 3.34. The SMILES string of the molecule is NC(Cc1cccn2nccc12)C(=O)O. The summed E-state index contributed by atoms with van der Waals surface area (Å²) in [6.07, 6.45) is 3.79. The Morgan fingerprint density at radius 1 is 1.60 bits per heavy atom. The van der Waals surface area contributed by atoms with Gasteiger partial charge in [0.05, 0.1) is 5.52 Å². The summed E-state index contributed by atoms with van der Waals surface area (Å²) in [4.78, 5) is 10.6. The molecule has 3 N–H and O–H groups in total. The van der Waals surface area contributed by atoms with Gasteiger partial charge < -0.3 is 10.8 Å². The maximum Gasteiger partial charge on any atom is 0.320 e. The maximum atomic E-state index is 10.6. The van der Waals surface area contributed by atoms with Gasteiger partial charge in [-0.3, -0.25) is 4.79 Å². The van der Waals surface area contributed by atoms with Crippen LogP contribution in [0.4, 0.5) is 0 Å². The van der Waals surface area contributed by atoms with Gasteiger partial charge in [-0.1, -0.05) is 6.07 Å². The molecule has 0 aliphatic heterocycles. The minimum absolute atomic E-state index is 0.311. The topological polar surface area (TPSA) is 80.6 Å². The number of pyridine rings is 1. The molecule has 0 spiro atoms. The highest BCUT2D eigenvalue weighted by Crippen LogP contribution is 2.11. The van der Waals surface area contributed by atoms with Crippen LogP contribution in [0.2, 0.25) is 0 Å². The van der Waals surface area contributed by atoms with Gasteiger partial charge in [0, 0.05) is 18.8 Å². The predicted molar refractivity (Wildman–Crippen MR) is 54.5 cm³/mol. The van der Waals surface area contributed by atoms with Crippen LogP contribution in [-0.4, -0.2) is 26.7 Å². The monoisotopic (exact) mass is 205 g/mol. The van der Waals surface area contributed by atoms with Gasteiger partial charge in [0.25, 0.3) is 0 Å². The molecular formula is C10H11N3O2. The van der Waals surface area contributed by atoms with Crippen molar-refractivity contribution in [2.45, 2.75) is 12.5 Å². The molecule has 0 aliphatic rings. The summed E-state index contributed by atoms with van der Waals surface area (Å²) in [6.45, 7) is 0. The van der Waals surface area contributed by atoms with E-state index in [0.29, 0.717) is 6.42 Å². The molecule has 2 rings (SSSR count). The van der Waals surface area contributed by atoms with Crippen LogP contribution in [0.3, 0.4) is 0 Å². The summed E-state index contributed by atoms with van der Waals surface area (Å²) in [5, 5.41) is 12.8. The smallest absolute Gasteiger partial charge is 0.320 e. The van der Waals surface area contributed by atoms with Crippen molar-refractivity contribution < 1.29 is 9.90 Å². The average Bonchev–Trinajstić information content (AvgIpc) is 2.66. The van der Waals surface area contributed by atoms with E-state index >= 15 is 0 Å². The lowest BCUT2D eigenvalue weighted by molar-refractivity contribution is -0.138. The highest BCUT2D eigenvalue weighted by Gasteiger charge is 2.13. The van der Waals surface area contributed by atoms with Crippen molar-refractivity contribution in [2.24, 2.45) is 5.73 Å². The van der Waals surface area contributed by atoms with E-state index in [2.05, 4.69) is 5.10 Å². The van der Waals surface area contributed by atoms with Crippen LogP contribution in [0, 0.1) is 0 Å². The fraction of sp³-hybridized carbons (Fsp3) is 0.200. The van der Waals surface area contributed by atoms with Crippen LogP contribution in [-0.2, 0) is 11.2 Å². The van der Waals surface area contributed by atoms with Gasteiger partial charge in [0.2, 0.25) is 0 Å². The average molecular weight is 205 g/mol. The maximum absolute atomic E-state index is 10.6. The summed E-state index contributed by atoms with van der Waals surface area (Å²) < 4.78 is 1.70. The fourth-order valence-corrected chi connectivity index (χ4v) is 1.51. The Balaban J connectivity index is 2.35. The Kier molecular flexibility index (Phi) is 2.39. The van der Waals surface area contributed by atoms with E-state index in [9.17, 15) is 4.79 Å². The Labute approximate surface area is 86.1 Å². The van der Waals surface area contributed by atoms with Gasteiger partial charge in [0.15, 0.2) is 0 Å². The number of fused-ring (bicyclic) bond motifs is 1. The normalized spacial score (nSPS) is 12.9. The van der Waals surface area contributed by atoms with E-state index < -0.39 is 12.0 Å². The van der Waals surface area contributed by atoms with Gasteiger partial charge >= 0.3 is 5.97 Å². The first kappa shape index (κ1) is 9.67. The van der Waals surface area contributed by atoms with Gasteiger partial charge in [0.1, 0.15) is 6.04 Å². The lowest BCUT2D eigenvalue weighted by Crippen LogP contribution is -2.32. The number of carbonyl (C=O) groups is 1. The van der Waals surface area contributed by atoms with E-state index in [1.807, 2.05) is 24.4 Å². The van der Waals surface area contributed by atoms with Crippen molar-refractivity contribution in [1.82, 2.24) is 9.61 Å². The highest BCUT2D eigenvalue weighted by molar-refractivity contribution is 5.74. The first-order chi connectivity index (χ1) is 7.18. The number of hydrogen-bond donors (Lipinski definition) is 2. The van der Waals surface area contributed by atoms with Crippen molar-refractivity contribution in [2.75, 3.05) is 0 Å². The molecule has 2 heterocycles. The molecule has 0 radical (unpaired) electrons. The van der Waals surface area contributed by atoms with Crippen LogP contribution in [0.25, 0.3) is 5.52 Å². The largest absolute Gasteiger partial charge is 0.480 e. The molecule has 0 saturated heterocycles. The van der Waals surface area contributed by atoms with Gasteiger partial charge in [-0.2, -0.15) is 5.10 Å². The van der Waals surface area contributed by atoms with Crippen LogP contribution >= 0.6 is 0 Å². The van der Waals surface area contributed by atoms with E-state index in [1.54, 1.807) is 10.7 Å². The Hall–Kier alpha value is -1.88. The lowest BCUT2D eigenvalue weighted by atomic mass is 10.1. The van der Waals surface area contributed by atoms with E-state index in [0.717, 1.165) is 11.1 Å². The summed E-state index contributed by atoms with van der Waals surface area (Å²) in [6, 6.07) is 4.65. The third-order valence-electron chi connectivity index (χ3n) is 2.28. The molecule has 2 aromatic heterocycles. The van der Waals surface area contributed by atoms with Crippen molar-refractivity contribution in [3.05, 3.63) is 36.2 Å². The summed E-state index contributed by atoms with van der Waals surface area (Å²) >= 11 is 0. The number of aromatic nitrogens is 2. The van der Waals surface area contributed by atoms with E-state index in [4.69, 9.17) is 10.8 Å². The quantitative estimate of drug-likeness (QED) is 0.754. The summed E-state index contributed by atoms with van der Waals surface area (Å²) in [5.74, 6) is -0.989. The van der Waals surface area contributed by atoms with Crippen molar-refractivity contribution in [3.63, 3.8) is 0 Å². The van der Waals surface area contributed by atoms with Crippen LogP contribution < -0.4 is 5.73 Å². The standard InChI is InChI=1S/C10H11N3O2/c11-8(10(14)15)6-7-2-1-5-13-9(7)3-4-12-13/h1-5,8H,6,11H2,(H,14,15). The van der Waals surface area contributed by atoms with Crippen LogP contribution in [0.5, 0.6) is 0 Å². The molecule has 0 aliphatic carbocycles. The number of carboxylic acid groups (broad SMARTS) is 1. The first-order valence-electron chi connectivity index (χ1n) is 4.58. The summed E-state index contributed by atoms with van der Waals surface area (Å²) in [5.41, 5.74) is 7.27. The highest BCUT2D eigenvalue weighted by atomic mass is 16.4. The van der Waals surface area contributed by atoms with Crippen molar-refractivity contribution in [3.8, 4) is 0 Å². The van der Waals surface area contributed by atoms with Gasteiger partial charge in [-0.15, -0.1) is 0 Å². The fourth-order valence-electron chi connectivity index (χ4n) is 1.51. The molecule has 1 atom stereocenters. The zero-order chi connectivity index (χ0) is 10.8. The van der Waals surface area contributed by atoms with E-state index in [1.165, 1.54) is 0 Å². The second kappa shape index (κ2) is 3.70. The van der Waals surface area contributed by atoms with E-state index in [-0.39, 0.29) is 0 Å². The van der Waals surface area contributed by atoms with Gasteiger partial charge in [-0.05, 0) is 17.7 Å². The predicted octanol–water partition coefficient (Wildman–Crippen LogP) is 0.289. The minimum Gasteiger partial charge on any atom is -0.480 e. The zero-order valence-electron chi connectivity index (χ0n) is 8.00. The third-order valence-corrected chi connectivity index (χ3v) is 2.28. The molecule has 2 aromatic rings. The van der Waals surface area contributed by atoms with Crippen molar-refractivity contribution >= 4 is 11.5 Å². The molecule has 15 heavy (non-hydrogen) atoms. The van der Waals surface area contributed by atoms with Crippen LogP contribution in [0.1, 0.15) is 5.56 Å². The molecule has 5 heteroatoms. The Bertz CT molecular complexity index is 492. The number of rotatable bonds is 3. The molecule has 0 fully saturated rings. The molecule has 78 valence electrons. The number of nitrogens with zero attached hydrogens (tertiary/aromatic N) is 2. The number of aliphatic carboxylic acids is 1. The summed E-state index contributed by atoms with van der Waals surface area (Å²) in [7, 11) is 0. The van der Waals surface area contributed by atoms with Gasteiger partial charge in [-0.25, -0.2) is 4.52 Å². The third kappa shape index (κ3) is 1.82. The molecule has 5 nitrogen and oxygen atoms in total. The molecule has 0 aromatic carbocycles. The molecule has 0 saturated carbocycles. The molecule has 1 unspecified atom stereocenters. The second-order valence-electron chi connectivity index (χ2n) is 3.34. The number of hydrogen-bond acceptors (Lipinski definition) is 3. The Morgan fingerprint density at radius 2 is 2.40 bits per heavy atom.